The van der Waals surface area contributed by atoms with Crippen LogP contribution in [0.2, 0.25) is 0 Å². The number of nitrogens with zero attached hydrogens (tertiary/aromatic N) is 2. The molecule has 0 radical (unpaired) electrons. The molecule has 0 saturated heterocycles. The van der Waals surface area contributed by atoms with Crippen molar-refractivity contribution in [3.63, 3.8) is 0 Å². The SMILES string of the molecule is COc1ccccc1NC(=O)Nc1nnc(/C=C/c2ccccc2)s1. The van der Waals surface area contributed by atoms with E-state index in [2.05, 4.69) is 20.8 Å². The van der Waals surface area contributed by atoms with Crippen molar-refractivity contribution in [3.8, 4) is 5.75 Å². The third-order valence-electron chi connectivity index (χ3n) is 3.23. The maximum Gasteiger partial charge on any atom is 0.325 e. The van der Waals surface area contributed by atoms with Crippen molar-refractivity contribution in [2.24, 2.45) is 0 Å². The van der Waals surface area contributed by atoms with Gasteiger partial charge in [0.2, 0.25) is 5.13 Å². The van der Waals surface area contributed by atoms with E-state index in [1.165, 1.54) is 11.3 Å². The molecule has 7 heteroatoms. The van der Waals surface area contributed by atoms with Gasteiger partial charge in [0.15, 0.2) is 0 Å². The molecule has 1 aromatic heterocycles. The highest BCUT2D eigenvalue weighted by Gasteiger charge is 2.09. The van der Waals surface area contributed by atoms with Gasteiger partial charge >= 0.3 is 6.03 Å². The lowest BCUT2D eigenvalue weighted by molar-refractivity contribution is 0.262. The average molecular weight is 352 g/mol. The summed E-state index contributed by atoms with van der Waals surface area (Å²) in [5, 5.41) is 14.5. The molecule has 2 aromatic carbocycles. The number of rotatable bonds is 5. The molecule has 2 N–H and O–H groups in total. The van der Waals surface area contributed by atoms with E-state index in [0.717, 1.165) is 5.56 Å². The average Bonchev–Trinajstić information content (AvgIpc) is 3.08. The Hall–Kier alpha value is -3.19. The van der Waals surface area contributed by atoms with Gasteiger partial charge in [-0.15, -0.1) is 10.2 Å². The van der Waals surface area contributed by atoms with Gasteiger partial charge in [-0.2, -0.15) is 0 Å². The fraction of sp³-hybridized carbons (Fsp3) is 0.0556. The molecule has 126 valence electrons. The fourth-order valence-corrected chi connectivity index (χ4v) is 2.72. The first kappa shape index (κ1) is 16.7. The van der Waals surface area contributed by atoms with E-state index in [1.807, 2.05) is 54.6 Å². The molecule has 25 heavy (non-hydrogen) atoms. The number of hydrogen-bond donors (Lipinski definition) is 2. The number of ether oxygens (including phenoxy) is 1. The molecule has 6 nitrogen and oxygen atoms in total. The van der Waals surface area contributed by atoms with Gasteiger partial charge in [0.25, 0.3) is 0 Å². The lowest BCUT2D eigenvalue weighted by Crippen LogP contribution is -2.19. The second-order valence-corrected chi connectivity index (χ2v) is 5.98. The molecule has 0 aliphatic heterocycles. The van der Waals surface area contributed by atoms with Crippen molar-refractivity contribution >= 4 is 40.3 Å². The van der Waals surface area contributed by atoms with Crippen LogP contribution in [-0.4, -0.2) is 23.3 Å². The van der Waals surface area contributed by atoms with Gasteiger partial charge < -0.3 is 10.1 Å². The zero-order chi connectivity index (χ0) is 17.5. The molecule has 0 aliphatic carbocycles. The van der Waals surface area contributed by atoms with Crippen LogP contribution in [0.4, 0.5) is 15.6 Å². The highest BCUT2D eigenvalue weighted by atomic mass is 32.1. The van der Waals surface area contributed by atoms with Gasteiger partial charge in [-0.1, -0.05) is 59.9 Å². The van der Waals surface area contributed by atoms with Gasteiger partial charge in [0.05, 0.1) is 12.8 Å². The van der Waals surface area contributed by atoms with Crippen LogP contribution in [0.1, 0.15) is 10.6 Å². The molecular formula is C18H16N4O2S. The van der Waals surface area contributed by atoms with Gasteiger partial charge in [0, 0.05) is 0 Å². The summed E-state index contributed by atoms with van der Waals surface area (Å²) < 4.78 is 5.20. The Morgan fingerprint density at radius 2 is 1.76 bits per heavy atom. The van der Waals surface area contributed by atoms with Crippen molar-refractivity contribution in [1.82, 2.24) is 10.2 Å². The van der Waals surface area contributed by atoms with E-state index in [1.54, 1.807) is 19.2 Å². The fourth-order valence-electron chi connectivity index (χ4n) is 2.08. The van der Waals surface area contributed by atoms with Crippen molar-refractivity contribution in [2.45, 2.75) is 0 Å². The molecule has 0 saturated carbocycles. The molecule has 1 heterocycles. The van der Waals surface area contributed by atoms with Crippen LogP contribution >= 0.6 is 11.3 Å². The molecule has 0 unspecified atom stereocenters. The van der Waals surface area contributed by atoms with Crippen LogP contribution in [0, 0.1) is 0 Å². The van der Waals surface area contributed by atoms with Crippen molar-refractivity contribution in [2.75, 3.05) is 17.7 Å². The van der Waals surface area contributed by atoms with Crippen LogP contribution in [-0.2, 0) is 0 Å². The predicted octanol–water partition coefficient (Wildman–Crippen LogP) is 4.36. The number of methoxy groups -OCH3 is 1. The lowest BCUT2D eigenvalue weighted by atomic mass is 10.2. The van der Waals surface area contributed by atoms with E-state index in [4.69, 9.17) is 4.74 Å². The van der Waals surface area contributed by atoms with Gasteiger partial charge in [0.1, 0.15) is 10.8 Å². The summed E-state index contributed by atoms with van der Waals surface area (Å²) in [4.78, 5) is 12.1. The summed E-state index contributed by atoms with van der Waals surface area (Å²) in [6, 6.07) is 16.7. The number of para-hydroxylation sites is 2. The summed E-state index contributed by atoms with van der Waals surface area (Å²) >= 11 is 1.29. The zero-order valence-electron chi connectivity index (χ0n) is 13.5. The minimum absolute atomic E-state index is 0.403. The zero-order valence-corrected chi connectivity index (χ0v) is 14.3. The molecule has 0 atom stereocenters. The Bertz CT molecular complexity index is 878. The first-order valence-electron chi connectivity index (χ1n) is 7.52. The smallest absolute Gasteiger partial charge is 0.325 e. The van der Waals surface area contributed by atoms with E-state index in [9.17, 15) is 4.79 Å². The highest BCUT2D eigenvalue weighted by molar-refractivity contribution is 7.16. The molecular weight excluding hydrogens is 336 g/mol. The number of benzene rings is 2. The number of aromatic nitrogens is 2. The van der Waals surface area contributed by atoms with Crippen molar-refractivity contribution in [1.29, 1.82) is 0 Å². The monoisotopic (exact) mass is 352 g/mol. The molecule has 0 spiro atoms. The summed E-state index contributed by atoms with van der Waals surface area (Å²) in [6.07, 6.45) is 3.80. The first-order valence-corrected chi connectivity index (χ1v) is 8.34. The molecule has 0 bridgehead atoms. The second-order valence-electron chi connectivity index (χ2n) is 4.97. The standard InChI is InChI=1S/C18H16N4O2S/c1-24-15-10-6-5-9-14(15)19-17(23)20-18-22-21-16(25-18)12-11-13-7-3-2-4-8-13/h2-12H,1H3,(H2,19,20,22,23)/b12-11+. The molecule has 2 amide bonds. The Kier molecular flexibility index (Phi) is 5.38. The Labute approximate surface area is 149 Å². The second kappa shape index (κ2) is 8.07. The molecule has 0 fully saturated rings. The Balaban J connectivity index is 1.61. The Morgan fingerprint density at radius 1 is 1.00 bits per heavy atom. The number of carbonyl (C=O) groups is 1. The predicted molar refractivity (Wildman–Crippen MR) is 101 cm³/mol. The quantitative estimate of drug-likeness (QED) is 0.715. The Morgan fingerprint density at radius 3 is 2.56 bits per heavy atom. The van der Waals surface area contributed by atoms with Crippen LogP contribution in [0.25, 0.3) is 12.2 Å². The number of urea groups is 1. The summed E-state index contributed by atoms with van der Waals surface area (Å²) in [7, 11) is 1.55. The maximum absolute atomic E-state index is 12.1. The minimum atomic E-state index is -0.403. The van der Waals surface area contributed by atoms with Crippen molar-refractivity contribution in [3.05, 3.63) is 65.2 Å². The van der Waals surface area contributed by atoms with E-state index in [-0.39, 0.29) is 0 Å². The summed E-state index contributed by atoms with van der Waals surface area (Å²) in [5.41, 5.74) is 1.65. The topological polar surface area (TPSA) is 76.1 Å². The van der Waals surface area contributed by atoms with E-state index >= 15 is 0 Å². The molecule has 3 aromatic rings. The number of amides is 2. The van der Waals surface area contributed by atoms with Crippen molar-refractivity contribution < 1.29 is 9.53 Å². The summed E-state index contributed by atoms with van der Waals surface area (Å²) in [6.45, 7) is 0. The van der Waals surface area contributed by atoms with Crippen LogP contribution in [0.5, 0.6) is 5.75 Å². The molecule has 0 aliphatic rings. The summed E-state index contributed by atoms with van der Waals surface area (Å²) in [5.74, 6) is 0.585. The third kappa shape index (κ3) is 4.65. The molecule has 3 rings (SSSR count). The highest BCUT2D eigenvalue weighted by Crippen LogP contribution is 2.23. The van der Waals surface area contributed by atoms with Crippen LogP contribution in [0.3, 0.4) is 0 Å². The third-order valence-corrected chi connectivity index (χ3v) is 4.04. The van der Waals surface area contributed by atoms with Gasteiger partial charge in [-0.3, -0.25) is 5.32 Å². The number of nitrogens with one attached hydrogen (secondary N) is 2. The lowest BCUT2D eigenvalue weighted by Gasteiger charge is -2.09. The number of carbonyl (C=O) groups excluding carboxylic acids is 1. The van der Waals surface area contributed by atoms with E-state index < -0.39 is 6.03 Å². The first-order chi connectivity index (χ1) is 12.2. The largest absolute Gasteiger partial charge is 0.495 e. The minimum Gasteiger partial charge on any atom is -0.495 e. The number of hydrogen-bond acceptors (Lipinski definition) is 5. The van der Waals surface area contributed by atoms with Crippen LogP contribution in [0.15, 0.2) is 54.6 Å². The van der Waals surface area contributed by atoms with Crippen LogP contribution < -0.4 is 15.4 Å². The van der Waals surface area contributed by atoms with E-state index in [0.29, 0.717) is 21.6 Å². The number of anilines is 2. The van der Waals surface area contributed by atoms with Gasteiger partial charge in [-0.25, -0.2) is 4.79 Å². The normalized spacial score (nSPS) is 10.6. The van der Waals surface area contributed by atoms with Gasteiger partial charge in [-0.05, 0) is 23.8 Å². The maximum atomic E-state index is 12.1.